The number of methoxy groups -OCH3 is 1. The number of ether oxygens (including phenoxy) is 1. The Morgan fingerprint density at radius 2 is 1.91 bits per heavy atom. The van der Waals surface area contributed by atoms with Gasteiger partial charge in [-0.2, -0.15) is 0 Å². The second kappa shape index (κ2) is 6.79. The maximum atomic E-state index is 11.8. The number of carbonyl (C=O) groups excluding carboxylic acids is 2. The number of aliphatic hydroxyl groups is 1. The molecule has 1 aromatic rings. The van der Waals surface area contributed by atoms with Gasteiger partial charge in [-0.3, -0.25) is 9.59 Å². The lowest BCUT2D eigenvalue weighted by atomic mass is 10.0. The van der Waals surface area contributed by atoms with Crippen LogP contribution in [0.1, 0.15) is 25.3 Å². The van der Waals surface area contributed by atoms with E-state index in [1.165, 1.54) is 0 Å². The van der Waals surface area contributed by atoms with Gasteiger partial charge in [-0.25, -0.2) is 0 Å². The second-order valence-corrected chi connectivity index (χ2v) is 5.81. The van der Waals surface area contributed by atoms with E-state index in [1.807, 2.05) is 18.2 Å². The first-order valence-corrected chi connectivity index (χ1v) is 7.34. The van der Waals surface area contributed by atoms with Crippen LogP contribution >= 0.6 is 0 Å². The minimum atomic E-state index is -0.946. The molecule has 0 saturated heterocycles. The Morgan fingerprint density at radius 1 is 1.27 bits per heavy atom. The number of hydrogen-bond acceptors (Lipinski definition) is 4. The van der Waals surface area contributed by atoms with Gasteiger partial charge in [0.25, 0.3) is 0 Å². The molecule has 0 spiro atoms. The van der Waals surface area contributed by atoms with E-state index in [9.17, 15) is 14.7 Å². The SMILES string of the molecule is COc1ccccc1CNC(=O)C(=O)NCC(C)(O)C1CC1. The van der Waals surface area contributed by atoms with Crippen molar-refractivity contribution in [1.29, 1.82) is 0 Å². The number of carbonyl (C=O) groups is 2. The van der Waals surface area contributed by atoms with Gasteiger partial charge < -0.3 is 20.5 Å². The van der Waals surface area contributed by atoms with Crippen molar-refractivity contribution >= 4 is 11.8 Å². The fourth-order valence-corrected chi connectivity index (χ4v) is 2.29. The van der Waals surface area contributed by atoms with E-state index in [2.05, 4.69) is 10.6 Å². The zero-order chi connectivity index (χ0) is 16.2. The Labute approximate surface area is 129 Å². The fraction of sp³-hybridized carbons (Fsp3) is 0.500. The Morgan fingerprint density at radius 3 is 2.55 bits per heavy atom. The molecule has 6 nitrogen and oxygen atoms in total. The van der Waals surface area contributed by atoms with E-state index < -0.39 is 17.4 Å². The molecule has 0 bridgehead atoms. The summed E-state index contributed by atoms with van der Waals surface area (Å²) in [5.41, 5.74) is -0.158. The first kappa shape index (κ1) is 16.3. The Bertz CT molecular complexity index is 553. The molecular weight excluding hydrogens is 284 g/mol. The van der Waals surface area contributed by atoms with Crippen molar-refractivity contribution in [3.8, 4) is 5.75 Å². The molecule has 22 heavy (non-hydrogen) atoms. The number of benzene rings is 1. The fourth-order valence-electron chi connectivity index (χ4n) is 2.29. The van der Waals surface area contributed by atoms with Gasteiger partial charge in [0.05, 0.1) is 12.7 Å². The number of hydrogen-bond donors (Lipinski definition) is 3. The van der Waals surface area contributed by atoms with Crippen molar-refractivity contribution in [1.82, 2.24) is 10.6 Å². The Hall–Kier alpha value is -2.08. The van der Waals surface area contributed by atoms with Crippen LogP contribution in [0, 0.1) is 5.92 Å². The zero-order valence-electron chi connectivity index (χ0n) is 12.9. The van der Waals surface area contributed by atoms with Crippen molar-refractivity contribution in [2.45, 2.75) is 31.9 Å². The molecule has 1 fully saturated rings. The van der Waals surface area contributed by atoms with Crippen LogP contribution < -0.4 is 15.4 Å². The van der Waals surface area contributed by atoms with Crippen molar-refractivity contribution in [2.24, 2.45) is 5.92 Å². The van der Waals surface area contributed by atoms with Crippen LogP contribution in [-0.2, 0) is 16.1 Å². The maximum absolute atomic E-state index is 11.8. The van der Waals surface area contributed by atoms with Gasteiger partial charge in [-0.05, 0) is 31.7 Å². The lowest BCUT2D eigenvalue weighted by Gasteiger charge is -2.22. The topological polar surface area (TPSA) is 87.7 Å². The number of rotatable bonds is 6. The van der Waals surface area contributed by atoms with Crippen LogP contribution in [0.4, 0.5) is 0 Å². The van der Waals surface area contributed by atoms with Gasteiger partial charge >= 0.3 is 11.8 Å². The highest BCUT2D eigenvalue weighted by Crippen LogP contribution is 2.38. The maximum Gasteiger partial charge on any atom is 0.309 e. The van der Waals surface area contributed by atoms with Gasteiger partial charge in [0.1, 0.15) is 5.75 Å². The first-order chi connectivity index (χ1) is 10.4. The van der Waals surface area contributed by atoms with Crippen LogP contribution in [0.15, 0.2) is 24.3 Å². The molecule has 1 atom stereocenters. The van der Waals surface area contributed by atoms with Crippen LogP contribution in [-0.4, -0.2) is 36.2 Å². The van der Waals surface area contributed by atoms with Crippen molar-refractivity contribution < 1.29 is 19.4 Å². The quantitative estimate of drug-likeness (QED) is 0.671. The van der Waals surface area contributed by atoms with E-state index in [4.69, 9.17) is 4.74 Å². The molecule has 0 heterocycles. The zero-order valence-corrected chi connectivity index (χ0v) is 12.9. The molecule has 120 valence electrons. The summed E-state index contributed by atoms with van der Waals surface area (Å²) in [5.74, 6) is -0.599. The summed E-state index contributed by atoms with van der Waals surface area (Å²) >= 11 is 0. The molecule has 1 aromatic carbocycles. The van der Waals surface area contributed by atoms with Gasteiger partial charge in [-0.15, -0.1) is 0 Å². The monoisotopic (exact) mass is 306 g/mol. The number of nitrogens with one attached hydrogen (secondary N) is 2. The highest BCUT2D eigenvalue weighted by Gasteiger charge is 2.40. The molecule has 1 saturated carbocycles. The van der Waals surface area contributed by atoms with Gasteiger partial charge in [0.2, 0.25) is 0 Å². The van der Waals surface area contributed by atoms with Crippen LogP contribution in [0.5, 0.6) is 5.75 Å². The third-order valence-corrected chi connectivity index (χ3v) is 3.90. The molecule has 0 aromatic heterocycles. The molecule has 6 heteroatoms. The second-order valence-electron chi connectivity index (χ2n) is 5.81. The average molecular weight is 306 g/mol. The van der Waals surface area contributed by atoms with Crippen molar-refractivity contribution in [3.05, 3.63) is 29.8 Å². The number of amides is 2. The van der Waals surface area contributed by atoms with Gasteiger partial charge in [0.15, 0.2) is 0 Å². The normalized spacial score (nSPS) is 16.5. The Kier molecular flexibility index (Phi) is 5.03. The largest absolute Gasteiger partial charge is 0.496 e. The number of para-hydroxylation sites is 1. The minimum absolute atomic E-state index is 0.0819. The lowest BCUT2D eigenvalue weighted by molar-refractivity contribution is -0.140. The van der Waals surface area contributed by atoms with Crippen LogP contribution in [0.2, 0.25) is 0 Å². The summed E-state index contributed by atoms with van der Waals surface area (Å²) in [4.78, 5) is 23.5. The van der Waals surface area contributed by atoms with E-state index in [0.717, 1.165) is 18.4 Å². The smallest absolute Gasteiger partial charge is 0.309 e. The van der Waals surface area contributed by atoms with Crippen LogP contribution in [0.25, 0.3) is 0 Å². The highest BCUT2D eigenvalue weighted by molar-refractivity contribution is 6.35. The van der Waals surface area contributed by atoms with Crippen molar-refractivity contribution in [2.75, 3.05) is 13.7 Å². The molecule has 1 unspecified atom stereocenters. The summed E-state index contributed by atoms with van der Waals surface area (Å²) in [6.07, 6.45) is 1.92. The van der Waals surface area contributed by atoms with Crippen LogP contribution in [0.3, 0.4) is 0 Å². The molecule has 2 rings (SSSR count). The minimum Gasteiger partial charge on any atom is -0.496 e. The van der Waals surface area contributed by atoms with E-state index in [0.29, 0.717) is 5.75 Å². The first-order valence-electron chi connectivity index (χ1n) is 7.34. The molecular formula is C16H22N2O4. The highest BCUT2D eigenvalue weighted by atomic mass is 16.5. The lowest BCUT2D eigenvalue weighted by Crippen LogP contribution is -2.47. The van der Waals surface area contributed by atoms with E-state index >= 15 is 0 Å². The van der Waals surface area contributed by atoms with E-state index in [-0.39, 0.29) is 19.0 Å². The summed E-state index contributed by atoms with van der Waals surface area (Å²) in [5, 5.41) is 15.1. The molecule has 0 aliphatic heterocycles. The van der Waals surface area contributed by atoms with Gasteiger partial charge in [-0.1, -0.05) is 18.2 Å². The molecule has 1 aliphatic carbocycles. The van der Waals surface area contributed by atoms with Gasteiger partial charge in [0, 0.05) is 18.7 Å². The average Bonchev–Trinajstić information content (AvgIpc) is 3.35. The summed E-state index contributed by atoms with van der Waals surface area (Å²) in [6, 6.07) is 7.26. The van der Waals surface area contributed by atoms with E-state index in [1.54, 1.807) is 20.1 Å². The summed E-state index contributed by atoms with van der Waals surface area (Å²) < 4.78 is 5.18. The third kappa shape index (κ3) is 4.21. The van der Waals surface area contributed by atoms with Crippen molar-refractivity contribution in [3.63, 3.8) is 0 Å². The molecule has 2 amide bonds. The Balaban J connectivity index is 1.80. The summed E-state index contributed by atoms with van der Waals surface area (Å²) in [7, 11) is 1.55. The molecule has 3 N–H and O–H groups in total. The predicted molar refractivity (Wildman–Crippen MR) is 81.2 cm³/mol. The summed E-state index contributed by atoms with van der Waals surface area (Å²) in [6.45, 7) is 1.96. The molecule has 0 radical (unpaired) electrons. The third-order valence-electron chi connectivity index (χ3n) is 3.90. The molecule has 1 aliphatic rings. The standard InChI is InChI=1S/C16H22N2O4/c1-16(21,12-7-8-12)10-18-15(20)14(19)17-9-11-5-3-4-6-13(11)22-2/h3-6,12,21H,7-10H2,1-2H3,(H,17,19)(H,18,20). The predicted octanol–water partition coefficient (Wildman–Crippen LogP) is 0.589.